The summed E-state index contributed by atoms with van der Waals surface area (Å²) in [5, 5.41) is 6.10. The van der Waals surface area contributed by atoms with Gasteiger partial charge in [0.25, 0.3) is 0 Å². The fraction of sp³-hybridized carbons (Fsp3) is 0.738. The van der Waals surface area contributed by atoms with E-state index in [1.807, 2.05) is 94.1 Å². The molecule has 14 nitrogen and oxygen atoms in total. The number of carbonyl (C=O) groups is 4. The van der Waals surface area contributed by atoms with E-state index in [2.05, 4.69) is 24.5 Å². The number of hydrogen-bond donors (Lipinski definition) is 2. The molecule has 0 spiro atoms. The molecule has 4 amide bonds. The number of ether oxygens (including phenoxy) is 2. The van der Waals surface area contributed by atoms with Crippen molar-refractivity contribution >= 4 is 29.6 Å². The Balaban J connectivity index is 2.34. The molecule has 0 aromatic heterocycles. The van der Waals surface area contributed by atoms with Gasteiger partial charge in [-0.3, -0.25) is 19.2 Å². The van der Waals surface area contributed by atoms with Crippen LogP contribution in [0, 0.1) is 17.8 Å². The van der Waals surface area contributed by atoms with Crippen LogP contribution >= 0.6 is 0 Å². The lowest BCUT2D eigenvalue weighted by Crippen LogP contribution is -2.56. The molecule has 0 saturated carbocycles. The van der Waals surface area contributed by atoms with Gasteiger partial charge in [-0.15, -0.1) is 0 Å². The lowest BCUT2D eigenvalue weighted by Gasteiger charge is -2.40. The van der Waals surface area contributed by atoms with Crippen LogP contribution < -0.4 is 10.6 Å². The molecule has 0 unspecified atom stereocenters. The highest BCUT2D eigenvalue weighted by atomic mass is 16.5. The van der Waals surface area contributed by atoms with Crippen molar-refractivity contribution in [3.05, 3.63) is 35.9 Å². The first-order valence-electron chi connectivity index (χ1n) is 20.2. The number of nitrogens with one attached hydrogen (secondary N) is 2. The predicted molar refractivity (Wildman–Crippen MR) is 223 cm³/mol. The van der Waals surface area contributed by atoms with Gasteiger partial charge in [0.1, 0.15) is 12.1 Å². The number of nitrogens with zero attached hydrogens (tertiary/aromatic N) is 6. The fourth-order valence-electron chi connectivity index (χ4n) is 7.77. The molecule has 1 heterocycles. The summed E-state index contributed by atoms with van der Waals surface area (Å²) in [4.78, 5) is 70.0. The van der Waals surface area contributed by atoms with E-state index < -0.39 is 36.3 Å². The van der Waals surface area contributed by atoms with E-state index in [1.165, 1.54) is 0 Å². The van der Waals surface area contributed by atoms with Crippen molar-refractivity contribution in [2.75, 3.05) is 83.2 Å². The topological polar surface area (TPSA) is 139 Å². The Bertz CT molecular complexity index is 1400. The van der Waals surface area contributed by atoms with Crippen LogP contribution in [-0.2, 0) is 35.1 Å². The Morgan fingerprint density at radius 1 is 0.929 bits per heavy atom. The first-order valence-corrected chi connectivity index (χ1v) is 20.2. The number of benzene rings is 1. The van der Waals surface area contributed by atoms with Gasteiger partial charge in [-0.1, -0.05) is 71.4 Å². The van der Waals surface area contributed by atoms with Gasteiger partial charge >= 0.3 is 0 Å². The molecule has 0 bridgehead atoms. The molecule has 1 fully saturated rings. The first-order chi connectivity index (χ1) is 26.4. The number of rotatable bonds is 21. The van der Waals surface area contributed by atoms with E-state index >= 15 is 0 Å². The third-order valence-electron chi connectivity index (χ3n) is 11.2. The van der Waals surface area contributed by atoms with Crippen LogP contribution in [0.15, 0.2) is 35.3 Å². The molecule has 1 aliphatic heterocycles. The van der Waals surface area contributed by atoms with E-state index in [0.29, 0.717) is 38.4 Å². The molecule has 56 heavy (non-hydrogen) atoms. The third kappa shape index (κ3) is 13.2. The van der Waals surface area contributed by atoms with Crippen molar-refractivity contribution in [2.45, 2.75) is 103 Å². The lowest BCUT2D eigenvalue weighted by molar-refractivity contribution is -0.147. The Morgan fingerprint density at radius 2 is 1.55 bits per heavy atom. The van der Waals surface area contributed by atoms with Crippen molar-refractivity contribution in [1.82, 2.24) is 35.1 Å². The van der Waals surface area contributed by atoms with Crippen LogP contribution in [0.4, 0.5) is 0 Å². The smallest absolute Gasteiger partial charge is 0.247 e. The molecule has 14 heteroatoms. The highest BCUT2D eigenvalue weighted by Crippen LogP contribution is 2.30. The molecule has 0 radical (unpaired) electrons. The zero-order valence-corrected chi connectivity index (χ0v) is 36.9. The SMILES string of the molecule is CC[C@H](C)[C@@H]([C@@H](CC(=O)N1CCC[C@H]1[C@H](OC)[C@@H](C)C(=O)N[C@@H](Cc1ccccc1)C(=O)N(C)CCNC)OC)N(C)C(=O)[C@@H](N=C(N(C)C)N(C)C)C(C)C. The standard InChI is InChI=1S/C42H74N8O6/c1-15-29(4)37(49(12)41(54)36(28(2)3)45-42(46(7)8)47(9)10)34(55-13)27-35(51)50-24-19-22-33(50)38(56-14)30(5)39(52)44-32(26-31-20-17-16-18-21-31)40(53)48(11)25-23-43-6/h16-18,20-21,28-30,32-34,36-38,43H,15,19,22-27H2,1-14H3,(H,44,52)/t29-,30+,32-,33-,34+,36-,37-,38+/m0/s1. The van der Waals surface area contributed by atoms with Crippen LogP contribution in [0.3, 0.4) is 0 Å². The molecular formula is C42H74N8O6. The summed E-state index contributed by atoms with van der Waals surface area (Å²) in [5.41, 5.74) is 0.937. The average Bonchev–Trinajstić information content (AvgIpc) is 3.65. The molecule has 2 N–H and O–H groups in total. The summed E-state index contributed by atoms with van der Waals surface area (Å²) in [7, 11) is 16.1. The average molecular weight is 787 g/mol. The number of amides is 4. The zero-order valence-electron chi connectivity index (χ0n) is 36.9. The summed E-state index contributed by atoms with van der Waals surface area (Å²) in [6.45, 7) is 11.6. The van der Waals surface area contributed by atoms with E-state index in [0.717, 1.165) is 18.4 Å². The third-order valence-corrected chi connectivity index (χ3v) is 11.2. The lowest BCUT2D eigenvalue weighted by atomic mass is 9.89. The highest BCUT2D eigenvalue weighted by molar-refractivity contribution is 5.89. The first kappa shape index (κ1) is 48.4. The summed E-state index contributed by atoms with van der Waals surface area (Å²) >= 11 is 0. The summed E-state index contributed by atoms with van der Waals surface area (Å²) in [6.07, 6.45) is 1.40. The van der Waals surface area contributed by atoms with Crippen molar-refractivity contribution < 1.29 is 28.7 Å². The highest BCUT2D eigenvalue weighted by Gasteiger charge is 2.43. The molecule has 1 aromatic rings. The molecule has 1 saturated heterocycles. The quantitative estimate of drug-likeness (QED) is 0.142. The Hall–Kier alpha value is -3.75. The van der Waals surface area contributed by atoms with Crippen LogP contribution in [-0.4, -0.2) is 174 Å². The van der Waals surface area contributed by atoms with Gasteiger partial charge in [0.2, 0.25) is 23.6 Å². The van der Waals surface area contributed by atoms with Crippen molar-refractivity contribution in [1.29, 1.82) is 0 Å². The van der Waals surface area contributed by atoms with Gasteiger partial charge < -0.3 is 44.6 Å². The number of carbonyl (C=O) groups excluding carboxylic acids is 4. The molecular weight excluding hydrogens is 713 g/mol. The summed E-state index contributed by atoms with van der Waals surface area (Å²) in [6, 6.07) is 7.48. The van der Waals surface area contributed by atoms with Crippen molar-refractivity contribution in [3.63, 3.8) is 0 Å². The van der Waals surface area contributed by atoms with Crippen LogP contribution in [0.5, 0.6) is 0 Å². The predicted octanol–water partition coefficient (Wildman–Crippen LogP) is 2.82. The Labute approximate surface area is 337 Å². The maximum Gasteiger partial charge on any atom is 0.247 e. The number of likely N-dealkylation sites (tertiary alicyclic amines) is 1. The molecule has 0 aliphatic carbocycles. The fourth-order valence-corrected chi connectivity index (χ4v) is 7.77. The van der Waals surface area contributed by atoms with E-state index in [9.17, 15) is 19.2 Å². The molecule has 2 rings (SSSR count). The van der Waals surface area contributed by atoms with Gasteiger partial charge in [0, 0.05) is 82.6 Å². The van der Waals surface area contributed by atoms with Gasteiger partial charge in [-0.25, -0.2) is 4.99 Å². The summed E-state index contributed by atoms with van der Waals surface area (Å²) < 4.78 is 12.1. The number of methoxy groups -OCH3 is 2. The van der Waals surface area contributed by atoms with Crippen molar-refractivity contribution in [3.8, 4) is 0 Å². The minimum absolute atomic E-state index is 0.0225. The number of guanidine groups is 1. The Morgan fingerprint density at radius 3 is 2.07 bits per heavy atom. The second-order valence-corrected chi connectivity index (χ2v) is 16.1. The monoisotopic (exact) mass is 787 g/mol. The normalized spacial score (nSPS) is 17.9. The molecule has 318 valence electrons. The summed E-state index contributed by atoms with van der Waals surface area (Å²) in [5.74, 6) is -0.753. The number of likely N-dealkylation sites (N-methyl/N-ethyl adjacent to an activating group) is 3. The van der Waals surface area contributed by atoms with Crippen LogP contribution in [0.2, 0.25) is 0 Å². The number of aliphatic imine (C=N–C) groups is 1. The van der Waals surface area contributed by atoms with Crippen LogP contribution in [0.25, 0.3) is 0 Å². The van der Waals surface area contributed by atoms with Crippen LogP contribution in [0.1, 0.15) is 65.9 Å². The van der Waals surface area contributed by atoms with E-state index in [1.54, 1.807) is 45.0 Å². The zero-order chi connectivity index (χ0) is 42.3. The largest absolute Gasteiger partial charge is 0.379 e. The van der Waals surface area contributed by atoms with Gasteiger partial charge in [0.05, 0.1) is 36.6 Å². The molecule has 8 atom stereocenters. The van der Waals surface area contributed by atoms with E-state index in [-0.39, 0.29) is 47.9 Å². The maximum atomic E-state index is 14.3. The second kappa shape index (κ2) is 23.5. The van der Waals surface area contributed by atoms with Gasteiger partial charge in [0.15, 0.2) is 5.96 Å². The molecule has 1 aromatic carbocycles. The number of hydrogen-bond acceptors (Lipinski definition) is 8. The van der Waals surface area contributed by atoms with E-state index in [4.69, 9.17) is 14.5 Å². The second-order valence-electron chi connectivity index (χ2n) is 16.1. The van der Waals surface area contributed by atoms with Gasteiger partial charge in [-0.05, 0) is 37.3 Å². The maximum absolute atomic E-state index is 14.3. The van der Waals surface area contributed by atoms with Gasteiger partial charge in [-0.2, -0.15) is 0 Å². The Kier molecular flexibility index (Phi) is 20.3. The minimum atomic E-state index is -0.772. The molecule has 1 aliphatic rings. The minimum Gasteiger partial charge on any atom is -0.379 e. The van der Waals surface area contributed by atoms with Crippen molar-refractivity contribution in [2.24, 2.45) is 22.7 Å².